The van der Waals surface area contributed by atoms with E-state index >= 15 is 0 Å². The number of hydrogen-bond donors (Lipinski definition) is 2. The molecular formula is C15H22N2O2. The average molecular weight is 262 g/mol. The molecule has 0 bridgehead atoms. The van der Waals surface area contributed by atoms with Crippen LogP contribution in [-0.2, 0) is 4.79 Å². The normalized spacial score (nSPS) is 19.5. The van der Waals surface area contributed by atoms with Gasteiger partial charge in [0, 0.05) is 12.0 Å². The number of nitrogens with one attached hydrogen (secondary N) is 1. The summed E-state index contributed by atoms with van der Waals surface area (Å²) in [5, 5.41) is 3.04. The Labute approximate surface area is 114 Å². The summed E-state index contributed by atoms with van der Waals surface area (Å²) in [6, 6.07) is 7.40. The third kappa shape index (κ3) is 3.47. The summed E-state index contributed by atoms with van der Waals surface area (Å²) in [4.78, 5) is 12.1. The van der Waals surface area contributed by atoms with Crippen LogP contribution in [0.3, 0.4) is 0 Å². The molecule has 4 nitrogen and oxygen atoms in total. The van der Waals surface area contributed by atoms with E-state index in [-0.39, 0.29) is 11.9 Å². The molecule has 1 aromatic rings. The van der Waals surface area contributed by atoms with Crippen LogP contribution in [0.5, 0.6) is 5.75 Å². The van der Waals surface area contributed by atoms with Gasteiger partial charge in [-0.2, -0.15) is 0 Å². The van der Waals surface area contributed by atoms with Crippen LogP contribution >= 0.6 is 0 Å². The van der Waals surface area contributed by atoms with Crippen LogP contribution in [0, 0.1) is 5.92 Å². The van der Waals surface area contributed by atoms with E-state index in [1.807, 2.05) is 24.3 Å². The Hall–Kier alpha value is -1.55. The molecule has 1 aliphatic heterocycles. The highest BCUT2D eigenvalue weighted by Crippen LogP contribution is 2.31. The van der Waals surface area contributed by atoms with Crippen LogP contribution in [-0.4, -0.2) is 18.6 Å². The summed E-state index contributed by atoms with van der Waals surface area (Å²) in [7, 11) is 0. The van der Waals surface area contributed by atoms with Gasteiger partial charge in [-0.25, -0.2) is 0 Å². The molecule has 3 N–H and O–H groups in total. The molecule has 0 saturated carbocycles. The number of nitrogens with two attached hydrogens (primary N) is 1. The second-order valence-corrected chi connectivity index (χ2v) is 5.47. The van der Waals surface area contributed by atoms with Crippen LogP contribution in [0.15, 0.2) is 24.3 Å². The zero-order valence-corrected chi connectivity index (χ0v) is 11.6. The fraction of sp³-hybridized carbons (Fsp3) is 0.533. The van der Waals surface area contributed by atoms with Crippen molar-refractivity contribution in [2.45, 2.75) is 38.8 Å². The Kier molecular flexibility index (Phi) is 4.43. The van der Waals surface area contributed by atoms with Gasteiger partial charge in [0.2, 0.25) is 5.91 Å². The molecule has 0 aromatic heterocycles. The van der Waals surface area contributed by atoms with Gasteiger partial charge in [-0.1, -0.05) is 32.0 Å². The molecule has 0 aliphatic carbocycles. The van der Waals surface area contributed by atoms with Crippen LogP contribution in [0.2, 0.25) is 0 Å². The van der Waals surface area contributed by atoms with Crippen LogP contribution in [0.1, 0.15) is 38.3 Å². The van der Waals surface area contributed by atoms with E-state index in [1.165, 1.54) is 0 Å². The summed E-state index contributed by atoms with van der Waals surface area (Å²) in [5.74, 6) is 1.20. The van der Waals surface area contributed by atoms with E-state index in [4.69, 9.17) is 10.5 Å². The van der Waals surface area contributed by atoms with E-state index in [2.05, 4.69) is 19.2 Å². The second kappa shape index (κ2) is 6.06. The Morgan fingerprint density at radius 3 is 2.95 bits per heavy atom. The summed E-state index contributed by atoms with van der Waals surface area (Å²) in [5.41, 5.74) is 6.95. The third-order valence-corrected chi connectivity index (χ3v) is 3.34. The van der Waals surface area contributed by atoms with Crippen molar-refractivity contribution in [2.75, 3.05) is 6.61 Å². The summed E-state index contributed by atoms with van der Waals surface area (Å²) in [6.45, 7) is 4.76. The first-order valence-corrected chi connectivity index (χ1v) is 6.85. The molecular weight excluding hydrogens is 240 g/mol. The quantitative estimate of drug-likeness (QED) is 0.872. The fourth-order valence-electron chi connectivity index (χ4n) is 2.39. The first-order valence-electron chi connectivity index (χ1n) is 6.85. The SMILES string of the molecule is CC(C)C[C@H](N)C(=O)NC1CCOc2ccccc21. The maximum atomic E-state index is 12.1. The molecule has 1 aliphatic rings. The van der Waals surface area contributed by atoms with Crippen LogP contribution < -0.4 is 15.8 Å². The summed E-state index contributed by atoms with van der Waals surface area (Å²) in [6.07, 6.45) is 1.49. The number of benzene rings is 1. The van der Waals surface area contributed by atoms with E-state index in [9.17, 15) is 4.79 Å². The zero-order valence-electron chi connectivity index (χ0n) is 11.6. The number of rotatable bonds is 4. The molecule has 0 fully saturated rings. The van der Waals surface area contributed by atoms with E-state index in [0.29, 0.717) is 18.9 Å². The molecule has 104 valence electrons. The number of ether oxygens (including phenoxy) is 1. The maximum absolute atomic E-state index is 12.1. The third-order valence-electron chi connectivity index (χ3n) is 3.34. The lowest BCUT2D eigenvalue weighted by molar-refractivity contribution is -0.123. The topological polar surface area (TPSA) is 64.4 Å². The van der Waals surface area contributed by atoms with Gasteiger partial charge in [-0.3, -0.25) is 4.79 Å². The average Bonchev–Trinajstić information content (AvgIpc) is 2.38. The number of carbonyl (C=O) groups is 1. The van der Waals surface area contributed by atoms with Crippen molar-refractivity contribution >= 4 is 5.91 Å². The molecule has 0 saturated heterocycles. The summed E-state index contributed by atoms with van der Waals surface area (Å²) < 4.78 is 5.58. The molecule has 19 heavy (non-hydrogen) atoms. The number of carbonyl (C=O) groups excluding carboxylic acids is 1. The van der Waals surface area contributed by atoms with Gasteiger partial charge in [-0.15, -0.1) is 0 Å². The number of para-hydroxylation sites is 1. The number of hydrogen-bond acceptors (Lipinski definition) is 3. The molecule has 1 amide bonds. The smallest absolute Gasteiger partial charge is 0.237 e. The van der Waals surface area contributed by atoms with Gasteiger partial charge < -0.3 is 15.8 Å². The Balaban J connectivity index is 2.02. The predicted molar refractivity (Wildman–Crippen MR) is 74.9 cm³/mol. The van der Waals surface area contributed by atoms with Crippen molar-refractivity contribution in [1.82, 2.24) is 5.32 Å². The van der Waals surface area contributed by atoms with Gasteiger partial charge in [0.15, 0.2) is 0 Å². The Bertz CT molecular complexity index is 446. The van der Waals surface area contributed by atoms with Crippen molar-refractivity contribution < 1.29 is 9.53 Å². The molecule has 0 spiro atoms. The number of amides is 1. The first-order chi connectivity index (χ1) is 9.08. The van der Waals surface area contributed by atoms with Crippen molar-refractivity contribution in [2.24, 2.45) is 11.7 Å². The van der Waals surface area contributed by atoms with Crippen molar-refractivity contribution in [3.05, 3.63) is 29.8 Å². The monoisotopic (exact) mass is 262 g/mol. The highest BCUT2D eigenvalue weighted by Gasteiger charge is 2.24. The lowest BCUT2D eigenvalue weighted by Crippen LogP contribution is -2.43. The van der Waals surface area contributed by atoms with E-state index in [1.54, 1.807) is 0 Å². The van der Waals surface area contributed by atoms with Gasteiger partial charge in [0.05, 0.1) is 18.7 Å². The lowest BCUT2D eigenvalue weighted by atomic mass is 9.99. The highest BCUT2D eigenvalue weighted by molar-refractivity contribution is 5.82. The lowest BCUT2D eigenvalue weighted by Gasteiger charge is -2.27. The van der Waals surface area contributed by atoms with Crippen molar-refractivity contribution in [1.29, 1.82) is 0 Å². The Morgan fingerprint density at radius 1 is 1.47 bits per heavy atom. The van der Waals surface area contributed by atoms with Gasteiger partial charge in [0.1, 0.15) is 5.75 Å². The molecule has 1 aromatic carbocycles. The standard InChI is InChI=1S/C15H22N2O2/c1-10(2)9-12(16)15(18)17-13-7-8-19-14-6-4-3-5-11(13)14/h3-6,10,12-13H,7-9,16H2,1-2H3,(H,17,18)/t12-,13?/m0/s1. The zero-order chi connectivity index (χ0) is 13.8. The predicted octanol–water partition coefficient (Wildman–Crippen LogP) is 2.00. The maximum Gasteiger partial charge on any atom is 0.237 e. The molecule has 2 atom stereocenters. The minimum Gasteiger partial charge on any atom is -0.493 e. The van der Waals surface area contributed by atoms with E-state index in [0.717, 1.165) is 17.7 Å². The molecule has 1 unspecified atom stereocenters. The molecule has 4 heteroatoms. The molecule has 2 rings (SSSR count). The van der Waals surface area contributed by atoms with Gasteiger partial charge in [0.25, 0.3) is 0 Å². The fourth-order valence-corrected chi connectivity index (χ4v) is 2.39. The highest BCUT2D eigenvalue weighted by atomic mass is 16.5. The number of fused-ring (bicyclic) bond motifs is 1. The van der Waals surface area contributed by atoms with Crippen LogP contribution in [0.4, 0.5) is 0 Å². The van der Waals surface area contributed by atoms with Gasteiger partial charge in [-0.05, 0) is 18.4 Å². The Morgan fingerprint density at radius 2 is 2.21 bits per heavy atom. The van der Waals surface area contributed by atoms with Gasteiger partial charge >= 0.3 is 0 Å². The minimum absolute atomic E-state index is 0.00987. The largest absolute Gasteiger partial charge is 0.493 e. The summed E-state index contributed by atoms with van der Waals surface area (Å²) >= 11 is 0. The van der Waals surface area contributed by atoms with Crippen molar-refractivity contribution in [3.63, 3.8) is 0 Å². The minimum atomic E-state index is -0.435. The second-order valence-electron chi connectivity index (χ2n) is 5.47. The molecule has 0 radical (unpaired) electrons. The van der Waals surface area contributed by atoms with E-state index < -0.39 is 6.04 Å². The van der Waals surface area contributed by atoms with Crippen LogP contribution in [0.25, 0.3) is 0 Å². The first kappa shape index (κ1) is 13.9. The van der Waals surface area contributed by atoms with Crippen molar-refractivity contribution in [3.8, 4) is 5.75 Å². The molecule has 1 heterocycles.